The molecule has 1 aliphatic carbocycles. The molecule has 0 unspecified atom stereocenters. The Labute approximate surface area is 201 Å². The van der Waals surface area contributed by atoms with Gasteiger partial charge in [0.05, 0.1) is 11.9 Å². The molecule has 0 radical (unpaired) electrons. The number of carbonyl (C=O) groups excluding carboxylic acids is 2. The van der Waals surface area contributed by atoms with E-state index < -0.39 is 34.3 Å². The first-order chi connectivity index (χ1) is 16.1. The molecule has 1 atom stereocenters. The lowest BCUT2D eigenvalue weighted by Crippen LogP contribution is -2.52. The number of halogens is 1. The fourth-order valence-corrected chi connectivity index (χ4v) is 5.08. The van der Waals surface area contributed by atoms with E-state index in [1.807, 2.05) is 31.2 Å². The average Bonchev–Trinajstić information content (AvgIpc) is 3.28. The molecule has 3 rings (SSSR count). The Kier molecular flexibility index (Phi) is 8.30. The third-order valence-electron chi connectivity index (χ3n) is 6.10. The van der Waals surface area contributed by atoms with Crippen LogP contribution in [0.1, 0.15) is 43.7 Å². The SMILES string of the molecule is Cc1cccc(CN(C(=O)CN(c2ccccc2F)S(C)(=O)=O)[C@H](C)C(=O)NC2CCCC2)c1. The lowest BCUT2D eigenvalue weighted by Gasteiger charge is -2.32. The first-order valence-electron chi connectivity index (χ1n) is 11.4. The number of sulfonamides is 1. The van der Waals surface area contributed by atoms with E-state index in [0.717, 1.165) is 53.4 Å². The Morgan fingerprint density at radius 2 is 1.79 bits per heavy atom. The first-order valence-corrected chi connectivity index (χ1v) is 13.3. The highest BCUT2D eigenvalue weighted by atomic mass is 32.2. The van der Waals surface area contributed by atoms with Gasteiger partial charge >= 0.3 is 0 Å². The quantitative estimate of drug-likeness (QED) is 0.585. The van der Waals surface area contributed by atoms with E-state index in [0.29, 0.717) is 0 Å². The number of nitrogens with zero attached hydrogens (tertiary/aromatic N) is 2. The molecule has 184 valence electrons. The Bertz CT molecular complexity index is 1130. The van der Waals surface area contributed by atoms with E-state index >= 15 is 0 Å². The van der Waals surface area contributed by atoms with Gasteiger partial charge in [0.25, 0.3) is 0 Å². The summed E-state index contributed by atoms with van der Waals surface area (Å²) in [6.07, 6.45) is 4.83. The minimum absolute atomic E-state index is 0.0804. The van der Waals surface area contributed by atoms with Gasteiger partial charge in [-0.2, -0.15) is 0 Å². The van der Waals surface area contributed by atoms with E-state index in [1.165, 1.54) is 23.1 Å². The third-order valence-corrected chi connectivity index (χ3v) is 7.23. The molecular weight excluding hydrogens is 457 g/mol. The summed E-state index contributed by atoms with van der Waals surface area (Å²) in [6.45, 7) is 3.06. The van der Waals surface area contributed by atoms with Crippen LogP contribution in [0, 0.1) is 12.7 Å². The second-order valence-electron chi connectivity index (χ2n) is 8.90. The molecule has 1 fully saturated rings. The fourth-order valence-electron chi connectivity index (χ4n) is 4.23. The van der Waals surface area contributed by atoms with Gasteiger partial charge in [-0.25, -0.2) is 12.8 Å². The highest BCUT2D eigenvalue weighted by molar-refractivity contribution is 7.92. The highest BCUT2D eigenvalue weighted by Crippen LogP contribution is 2.23. The maximum atomic E-state index is 14.4. The standard InChI is InChI=1S/C25H32FN3O4S/c1-18-9-8-10-20(15-18)16-28(19(2)25(31)27-21-11-4-5-12-21)24(30)17-29(34(3,32)33)23-14-7-6-13-22(23)26/h6-10,13-15,19,21H,4-5,11-12,16-17H2,1-3H3,(H,27,31)/t19-/m1/s1. The number of benzene rings is 2. The summed E-state index contributed by atoms with van der Waals surface area (Å²) in [6, 6.07) is 12.2. The first kappa shape index (κ1) is 25.7. The van der Waals surface area contributed by atoms with E-state index in [-0.39, 0.29) is 24.2 Å². The van der Waals surface area contributed by atoms with Gasteiger partial charge in [0, 0.05) is 12.6 Å². The summed E-state index contributed by atoms with van der Waals surface area (Å²) >= 11 is 0. The van der Waals surface area contributed by atoms with Crippen LogP contribution in [0.5, 0.6) is 0 Å². The highest BCUT2D eigenvalue weighted by Gasteiger charge is 2.32. The molecule has 2 aromatic rings. The second-order valence-corrected chi connectivity index (χ2v) is 10.8. The van der Waals surface area contributed by atoms with Gasteiger partial charge in [-0.3, -0.25) is 13.9 Å². The zero-order chi connectivity index (χ0) is 24.9. The molecule has 34 heavy (non-hydrogen) atoms. The molecule has 1 N–H and O–H groups in total. The number of aryl methyl sites for hydroxylation is 1. The molecule has 0 heterocycles. The molecule has 1 aliphatic rings. The van der Waals surface area contributed by atoms with Crippen LogP contribution in [0.4, 0.5) is 10.1 Å². The van der Waals surface area contributed by atoms with Crippen LogP contribution in [0.2, 0.25) is 0 Å². The molecule has 7 nitrogen and oxygen atoms in total. The molecule has 0 aromatic heterocycles. The van der Waals surface area contributed by atoms with Crippen molar-refractivity contribution in [1.82, 2.24) is 10.2 Å². The van der Waals surface area contributed by atoms with Crippen LogP contribution in [-0.4, -0.2) is 50.0 Å². The zero-order valence-electron chi connectivity index (χ0n) is 19.8. The van der Waals surface area contributed by atoms with Crippen molar-refractivity contribution in [2.45, 2.75) is 58.2 Å². The molecule has 2 amide bonds. The molecule has 9 heteroatoms. The number of rotatable bonds is 9. The smallest absolute Gasteiger partial charge is 0.244 e. The number of hydrogen-bond acceptors (Lipinski definition) is 4. The molecule has 0 bridgehead atoms. The monoisotopic (exact) mass is 489 g/mol. The van der Waals surface area contributed by atoms with Gasteiger partial charge in [0.15, 0.2) is 0 Å². The summed E-state index contributed by atoms with van der Waals surface area (Å²) in [5.74, 6) is -1.63. The van der Waals surface area contributed by atoms with Gasteiger partial charge in [0.1, 0.15) is 18.4 Å². The molecule has 0 spiro atoms. The van der Waals surface area contributed by atoms with Crippen LogP contribution in [-0.2, 0) is 26.2 Å². The molecular formula is C25H32FN3O4S. The summed E-state index contributed by atoms with van der Waals surface area (Å²) in [5.41, 5.74) is 1.60. The number of nitrogens with one attached hydrogen (secondary N) is 1. The maximum absolute atomic E-state index is 14.4. The van der Waals surface area contributed by atoms with Gasteiger partial charge in [-0.05, 0) is 44.4 Å². The van der Waals surface area contributed by atoms with Gasteiger partial charge in [-0.15, -0.1) is 0 Å². The summed E-state index contributed by atoms with van der Waals surface area (Å²) in [5, 5.41) is 3.01. The topological polar surface area (TPSA) is 86.8 Å². The second kappa shape index (κ2) is 11.0. The van der Waals surface area contributed by atoms with Gasteiger partial charge < -0.3 is 10.2 Å². The maximum Gasteiger partial charge on any atom is 0.244 e. The Morgan fingerprint density at radius 1 is 1.12 bits per heavy atom. The van der Waals surface area contributed by atoms with Gasteiger partial charge in [0.2, 0.25) is 21.8 Å². The minimum Gasteiger partial charge on any atom is -0.352 e. The fraction of sp³-hybridized carbons (Fsp3) is 0.440. The van der Waals surface area contributed by atoms with Crippen LogP contribution >= 0.6 is 0 Å². The van der Waals surface area contributed by atoms with Crippen LogP contribution < -0.4 is 9.62 Å². The Hall–Kier alpha value is -2.94. The number of amides is 2. The van der Waals surface area contributed by atoms with E-state index in [1.54, 1.807) is 6.92 Å². The van der Waals surface area contributed by atoms with E-state index in [2.05, 4.69) is 5.32 Å². The van der Waals surface area contributed by atoms with Crippen molar-refractivity contribution in [1.29, 1.82) is 0 Å². The van der Waals surface area contributed by atoms with Gasteiger partial charge in [-0.1, -0.05) is 54.8 Å². The molecule has 0 aliphatic heterocycles. The minimum atomic E-state index is -3.97. The average molecular weight is 490 g/mol. The number of para-hydroxylation sites is 1. The van der Waals surface area contributed by atoms with Crippen molar-refractivity contribution in [3.8, 4) is 0 Å². The molecule has 2 aromatic carbocycles. The lowest BCUT2D eigenvalue weighted by molar-refractivity contribution is -0.139. The molecule has 0 saturated heterocycles. The predicted molar refractivity (Wildman–Crippen MR) is 130 cm³/mol. The molecule has 1 saturated carbocycles. The van der Waals surface area contributed by atoms with Crippen molar-refractivity contribution >= 4 is 27.5 Å². The summed E-state index contributed by atoms with van der Waals surface area (Å²) in [7, 11) is -3.97. The third kappa shape index (κ3) is 6.56. The number of carbonyl (C=O) groups is 2. The Morgan fingerprint density at radius 3 is 2.41 bits per heavy atom. The largest absolute Gasteiger partial charge is 0.352 e. The van der Waals surface area contributed by atoms with E-state index in [4.69, 9.17) is 0 Å². The number of hydrogen-bond donors (Lipinski definition) is 1. The van der Waals surface area contributed by atoms with Crippen molar-refractivity contribution in [2.24, 2.45) is 0 Å². The van der Waals surface area contributed by atoms with Crippen molar-refractivity contribution in [3.05, 3.63) is 65.5 Å². The summed E-state index contributed by atoms with van der Waals surface area (Å²) in [4.78, 5) is 27.8. The Balaban J connectivity index is 1.89. The predicted octanol–water partition coefficient (Wildman–Crippen LogP) is 3.38. The van der Waals surface area contributed by atoms with Crippen molar-refractivity contribution < 1.29 is 22.4 Å². The lowest BCUT2D eigenvalue weighted by atomic mass is 10.1. The summed E-state index contributed by atoms with van der Waals surface area (Å²) < 4.78 is 40.2. The normalized spacial score (nSPS) is 15.1. The number of anilines is 1. The zero-order valence-corrected chi connectivity index (χ0v) is 20.6. The van der Waals surface area contributed by atoms with Crippen molar-refractivity contribution in [3.63, 3.8) is 0 Å². The van der Waals surface area contributed by atoms with Crippen molar-refractivity contribution in [2.75, 3.05) is 17.1 Å². The van der Waals surface area contributed by atoms with Crippen LogP contribution in [0.3, 0.4) is 0 Å². The van der Waals surface area contributed by atoms with Crippen LogP contribution in [0.15, 0.2) is 48.5 Å². The van der Waals surface area contributed by atoms with E-state index in [9.17, 15) is 22.4 Å². The van der Waals surface area contributed by atoms with Crippen LogP contribution in [0.25, 0.3) is 0 Å².